The van der Waals surface area contributed by atoms with E-state index in [1.165, 1.54) is 12.1 Å². The highest BCUT2D eigenvalue weighted by atomic mass is 19.2. The highest BCUT2D eigenvalue weighted by Gasteiger charge is 2.21. The van der Waals surface area contributed by atoms with E-state index < -0.39 is 11.6 Å². The van der Waals surface area contributed by atoms with Gasteiger partial charge in [0, 0.05) is 36.1 Å². The topological polar surface area (TPSA) is 36.1 Å². The third-order valence-electron chi connectivity index (χ3n) is 5.42. The summed E-state index contributed by atoms with van der Waals surface area (Å²) in [5.41, 5.74) is 3.50. The number of piperidine rings is 1. The van der Waals surface area contributed by atoms with Crippen LogP contribution in [0.4, 0.5) is 8.78 Å². The second-order valence-corrected chi connectivity index (χ2v) is 7.43. The predicted octanol–water partition coefficient (Wildman–Crippen LogP) is 4.11. The van der Waals surface area contributed by atoms with E-state index in [1.807, 2.05) is 13.8 Å². The van der Waals surface area contributed by atoms with Crippen LogP contribution in [0.1, 0.15) is 41.6 Å². The molecule has 2 aromatic rings. The number of hydrogen-bond acceptors (Lipinski definition) is 2. The molecular formula is C21H26F2N2O. The Morgan fingerprint density at radius 3 is 2.81 bits per heavy atom. The van der Waals surface area contributed by atoms with E-state index in [9.17, 15) is 13.6 Å². The minimum atomic E-state index is -0.792. The zero-order chi connectivity index (χ0) is 18.7. The summed E-state index contributed by atoms with van der Waals surface area (Å²) >= 11 is 0. The van der Waals surface area contributed by atoms with E-state index in [-0.39, 0.29) is 5.43 Å². The molecule has 5 heteroatoms. The van der Waals surface area contributed by atoms with Crippen LogP contribution in [0.3, 0.4) is 0 Å². The average Bonchev–Trinajstić information content (AvgIpc) is 2.63. The number of likely N-dealkylation sites (tertiary alicyclic amines) is 1. The number of rotatable bonds is 5. The highest BCUT2D eigenvalue weighted by molar-refractivity contribution is 5.23. The van der Waals surface area contributed by atoms with Gasteiger partial charge in [0.05, 0.1) is 0 Å². The van der Waals surface area contributed by atoms with Gasteiger partial charge in [-0.05, 0) is 69.7 Å². The van der Waals surface area contributed by atoms with Crippen molar-refractivity contribution in [1.29, 1.82) is 0 Å². The van der Waals surface area contributed by atoms with Crippen molar-refractivity contribution in [2.45, 2.75) is 46.1 Å². The first-order valence-corrected chi connectivity index (χ1v) is 9.28. The molecule has 0 bridgehead atoms. The Morgan fingerprint density at radius 2 is 2.04 bits per heavy atom. The van der Waals surface area contributed by atoms with Crippen molar-refractivity contribution < 1.29 is 8.78 Å². The molecule has 1 atom stereocenters. The van der Waals surface area contributed by atoms with E-state index in [4.69, 9.17) is 0 Å². The van der Waals surface area contributed by atoms with Crippen LogP contribution >= 0.6 is 0 Å². The van der Waals surface area contributed by atoms with Gasteiger partial charge in [0.2, 0.25) is 0 Å². The number of H-pyrrole nitrogens is 1. The summed E-state index contributed by atoms with van der Waals surface area (Å²) in [6, 6.07) is 4.17. The molecule has 3 nitrogen and oxygen atoms in total. The zero-order valence-corrected chi connectivity index (χ0v) is 15.4. The largest absolute Gasteiger partial charge is 0.363 e. The molecule has 0 spiro atoms. The minimum Gasteiger partial charge on any atom is -0.363 e. The van der Waals surface area contributed by atoms with Gasteiger partial charge in [-0.3, -0.25) is 9.69 Å². The molecule has 1 fully saturated rings. The Labute approximate surface area is 153 Å². The minimum absolute atomic E-state index is 0.116. The molecule has 2 heterocycles. The molecule has 0 saturated carbocycles. The number of aromatic nitrogens is 1. The molecule has 1 aliphatic heterocycles. The van der Waals surface area contributed by atoms with Gasteiger partial charge < -0.3 is 4.98 Å². The van der Waals surface area contributed by atoms with Gasteiger partial charge in [0.1, 0.15) is 0 Å². The summed E-state index contributed by atoms with van der Waals surface area (Å²) in [5, 5.41) is 0. The van der Waals surface area contributed by atoms with Gasteiger partial charge in [-0.2, -0.15) is 0 Å². The first-order chi connectivity index (χ1) is 12.4. The second-order valence-electron chi connectivity index (χ2n) is 7.43. The van der Waals surface area contributed by atoms with E-state index in [2.05, 4.69) is 9.88 Å². The van der Waals surface area contributed by atoms with Gasteiger partial charge in [-0.1, -0.05) is 6.07 Å². The fourth-order valence-corrected chi connectivity index (χ4v) is 3.79. The summed E-state index contributed by atoms with van der Waals surface area (Å²) in [7, 11) is 0. The van der Waals surface area contributed by atoms with Gasteiger partial charge >= 0.3 is 0 Å². The summed E-state index contributed by atoms with van der Waals surface area (Å²) < 4.78 is 26.4. The van der Waals surface area contributed by atoms with E-state index >= 15 is 0 Å². The third-order valence-corrected chi connectivity index (χ3v) is 5.42. The van der Waals surface area contributed by atoms with Crippen molar-refractivity contribution in [3.8, 4) is 0 Å². The smallest absolute Gasteiger partial charge is 0.187 e. The van der Waals surface area contributed by atoms with Crippen LogP contribution in [0.15, 0.2) is 29.2 Å². The Kier molecular flexibility index (Phi) is 5.87. The molecule has 0 unspecified atom stereocenters. The van der Waals surface area contributed by atoms with Crippen LogP contribution in [0, 0.1) is 31.4 Å². The van der Waals surface area contributed by atoms with Crippen LogP contribution in [-0.4, -0.2) is 23.0 Å². The molecule has 1 aromatic heterocycles. The number of benzene rings is 1. The molecule has 1 aliphatic rings. The maximum absolute atomic E-state index is 13.3. The van der Waals surface area contributed by atoms with E-state index in [0.29, 0.717) is 5.92 Å². The molecule has 1 N–H and O–H groups in total. The number of nitrogens with one attached hydrogen (secondary N) is 1. The van der Waals surface area contributed by atoms with Crippen LogP contribution in [0.2, 0.25) is 0 Å². The Bertz CT molecular complexity index is 831. The second kappa shape index (κ2) is 8.12. The lowest BCUT2D eigenvalue weighted by atomic mass is 9.91. The predicted molar refractivity (Wildman–Crippen MR) is 99.2 cm³/mol. The summed E-state index contributed by atoms with van der Waals surface area (Å²) in [6.45, 7) is 6.45. The van der Waals surface area contributed by atoms with E-state index in [0.717, 1.165) is 67.7 Å². The van der Waals surface area contributed by atoms with Crippen molar-refractivity contribution >= 4 is 0 Å². The Hall–Kier alpha value is -2.01. The number of nitrogens with zero attached hydrogens (tertiary/aromatic N) is 1. The van der Waals surface area contributed by atoms with Crippen LogP contribution in [0.5, 0.6) is 0 Å². The normalized spacial score (nSPS) is 18.2. The molecule has 3 rings (SSSR count). The standard InChI is InChI=1S/C21H26F2N2O/c1-14-11-24-20(15(2)21(14)26)13-25-9-3-4-17(12-25)6-5-16-7-8-18(22)19(23)10-16/h7-8,10-11,17H,3-6,9,12-13H2,1-2H3,(H,24,26)/t17-/m0/s1. The van der Waals surface area contributed by atoms with Gasteiger partial charge in [-0.25, -0.2) is 8.78 Å². The lowest BCUT2D eigenvalue weighted by molar-refractivity contribution is 0.160. The third kappa shape index (κ3) is 4.39. The van der Waals surface area contributed by atoms with Gasteiger partial charge in [-0.15, -0.1) is 0 Å². The van der Waals surface area contributed by atoms with Crippen molar-refractivity contribution in [2.24, 2.45) is 5.92 Å². The van der Waals surface area contributed by atoms with Crippen molar-refractivity contribution in [3.63, 3.8) is 0 Å². The fraction of sp³-hybridized carbons (Fsp3) is 0.476. The monoisotopic (exact) mass is 360 g/mol. The Morgan fingerprint density at radius 1 is 1.23 bits per heavy atom. The quantitative estimate of drug-likeness (QED) is 0.871. The number of halogens is 2. The maximum atomic E-state index is 13.3. The summed E-state index contributed by atoms with van der Waals surface area (Å²) in [4.78, 5) is 17.8. The van der Waals surface area contributed by atoms with Crippen molar-refractivity contribution in [1.82, 2.24) is 9.88 Å². The van der Waals surface area contributed by atoms with E-state index in [1.54, 1.807) is 12.3 Å². The molecule has 1 aromatic carbocycles. The first kappa shape index (κ1) is 18.8. The SMILES string of the molecule is Cc1c[nH]c(CN2CCC[C@@H](CCc3ccc(F)c(F)c3)C2)c(C)c1=O. The lowest BCUT2D eigenvalue weighted by Gasteiger charge is -2.33. The number of aromatic amines is 1. The van der Waals surface area contributed by atoms with Crippen molar-refractivity contribution in [2.75, 3.05) is 13.1 Å². The highest BCUT2D eigenvalue weighted by Crippen LogP contribution is 2.23. The maximum Gasteiger partial charge on any atom is 0.187 e. The molecule has 26 heavy (non-hydrogen) atoms. The summed E-state index contributed by atoms with van der Waals surface area (Å²) in [5.74, 6) is -1.03. The average molecular weight is 360 g/mol. The zero-order valence-electron chi connectivity index (χ0n) is 15.4. The van der Waals surface area contributed by atoms with Gasteiger partial charge in [0.15, 0.2) is 17.1 Å². The Balaban J connectivity index is 1.58. The molecule has 140 valence electrons. The van der Waals surface area contributed by atoms with Crippen LogP contribution in [-0.2, 0) is 13.0 Å². The summed E-state index contributed by atoms with van der Waals surface area (Å²) in [6.07, 6.45) is 5.79. The molecule has 1 saturated heterocycles. The molecule has 0 aliphatic carbocycles. The lowest BCUT2D eigenvalue weighted by Crippen LogP contribution is -2.36. The number of pyridine rings is 1. The van der Waals surface area contributed by atoms with Gasteiger partial charge in [0.25, 0.3) is 0 Å². The van der Waals surface area contributed by atoms with Crippen LogP contribution < -0.4 is 5.43 Å². The molecule has 0 amide bonds. The number of aryl methyl sites for hydroxylation is 2. The van der Waals surface area contributed by atoms with Crippen LogP contribution in [0.25, 0.3) is 0 Å². The molecule has 0 radical (unpaired) electrons. The fourth-order valence-electron chi connectivity index (χ4n) is 3.79. The first-order valence-electron chi connectivity index (χ1n) is 9.28. The van der Waals surface area contributed by atoms with Crippen molar-refractivity contribution in [3.05, 3.63) is 68.6 Å². The molecular weight excluding hydrogens is 334 g/mol. The number of hydrogen-bond donors (Lipinski definition) is 1.